The Morgan fingerprint density at radius 1 is 1.43 bits per heavy atom. The van der Waals surface area contributed by atoms with Crippen LogP contribution < -0.4 is 4.90 Å². The third-order valence-corrected chi connectivity index (χ3v) is 4.00. The summed E-state index contributed by atoms with van der Waals surface area (Å²) >= 11 is 0. The molecule has 0 fully saturated rings. The first-order valence-corrected chi connectivity index (χ1v) is 7.59. The Balaban J connectivity index is 1.85. The summed E-state index contributed by atoms with van der Waals surface area (Å²) in [5, 5.41) is 3.70. The van der Waals surface area contributed by atoms with Crippen molar-refractivity contribution in [3.05, 3.63) is 41.4 Å². The summed E-state index contributed by atoms with van der Waals surface area (Å²) in [5.41, 5.74) is 1.55. The quantitative estimate of drug-likeness (QED) is 0.851. The average Bonchev–Trinajstić information content (AvgIpc) is 2.90. The van der Waals surface area contributed by atoms with Crippen LogP contribution in [0.2, 0.25) is 0 Å². The summed E-state index contributed by atoms with van der Waals surface area (Å²) in [6.07, 6.45) is 3.26. The van der Waals surface area contributed by atoms with Gasteiger partial charge in [-0.2, -0.15) is 0 Å². The monoisotopic (exact) mass is 316 g/mol. The van der Waals surface area contributed by atoms with Crippen LogP contribution in [0.15, 0.2) is 29.0 Å². The SMILES string of the molecule is COCCN1CCN(C(=O)c2cnoc2C)Cc2cccnc21. The van der Waals surface area contributed by atoms with Crippen LogP contribution in [0.25, 0.3) is 0 Å². The van der Waals surface area contributed by atoms with Gasteiger partial charge in [-0.1, -0.05) is 11.2 Å². The molecule has 122 valence electrons. The molecule has 0 spiro atoms. The highest BCUT2D eigenvalue weighted by molar-refractivity contribution is 5.94. The number of aromatic nitrogens is 2. The molecule has 3 heterocycles. The van der Waals surface area contributed by atoms with E-state index in [-0.39, 0.29) is 5.91 Å². The predicted octanol–water partition coefficient (Wildman–Crippen LogP) is 1.49. The minimum absolute atomic E-state index is 0.0628. The van der Waals surface area contributed by atoms with Gasteiger partial charge in [0, 0.05) is 45.0 Å². The second kappa shape index (κ2) is 6.78. The van der Waals surface area contributed by atoms with Crippen molar-refractivity contribution in [2.75, 3.05) is 38.3 Å². The molecular formula is C16H20N4O3. The van der Waals surface area contributed by atoms with Crippen LogP contribution in [0.3, 0.4) is 0 Å². The fraction of sp³-hybridized carbons (Fsp3) is 0.438. The molecule has 0 bridgehead atoms. The Labute approximate surface area is 134 Å². The first-order chi connectivity index (χ1) is 11.2. The lowest BCUT2D eigenvalue weighted by Crippen LogP contribution is -2.36. The van der Waals surface area contributed by atoms with Gasteiger partial charge in [0.1, 0.15) is 17.1 Å². The van der Waals surface area contributed by atoms with Gasteiger partial charge in [-0.25, -0.2) is 4.98 Å². The van der Waals surface area contributed by atoms with E-state index in [9.17, 15) is 4.79 Å². The van der Waals surface area contributed by atoms with Crippen LogP contribution in [-0.4, -0.2) is 54.3 Å². The van der Waals surface area contributed by atoms with Gasteiger partial charge in [-0.05, 0) is 13.0 Å². The van der Waals surface area contributed by atoms with E-state index < -0.39 is 0 Å². The number of rotatable bonds is 4. The van der Waals surface area contributed by atoms with Gasteiger partial charge in [-0.15, -0.1) is 0 Å². The van der Waals surface area contributed by atoms with Crippen molar-refractivity contribution in [2.45, 2.75) is 13.5 Å². The van der Waals surface area contributed by atoms with Crippen LogP contribution in [-0.2, 0) is 11.3 Å². The van der Waals surface area contributed by atoms with E-state index in [0.717, 1.165) is 17.9 Å². The molecule has 0 N–H and O–H groups in total. The highest BCUT2D eigenvalue weighted by atomic mass is 16.5. The molecule has 23 heavy (non-hydrogen) atoms. The maximum absolute atomic E-state index is 12.7. The van der Waals surface area contributed by atoms with Crippen molar-refractivity contribution >= 4 is 11.7 Å². The van der Waals surface area contributed by atoms with Crippen molar-refractivity contribution in [2.24, 2.45) is 0 Å². The third-order valence-electron chi connectivity index (χ3n) is 4.00. The van der Waals surface area contributed by atoms with Gasteiger partial charge in [0.15, 0.2) is 0 Å². The number of carbonyl (C=O) groups is 1. The molecule has 1 aliphatic rings. The molecule has 1 amide bonds. The van der Waals surface area contributed by atoms with Crippen LogP contribution in [0.4, 0.5) is 5.82 Å². The molecule has 0 aromatic carbocycles. The summed E-state index contributed by atoms with van der Waals surface area (Å²) in [7, 11) is 1.68. The van der Waals surface area contributed by atoms with Gasteiger partial charge >= 0.3 is 0 Å². The lowest BCUT2D eigenvalue weighted by molar-refractivity contribution is 0.0749. The molecule has 0 saturated heterocycles. The predicted molar refractivity (Wildman–Crippen MR) is 84.3 cm³/mol. The van der Waals surface area contributed by atoms with Crippen LogP contribution in [0.5, 0.6) is 0 Å². The van der Waals surface area contributed by atoms with E-state index in [1.807, 2.05) is 17.0 Å². The molecule has 7 heteroatoms. The lowest BCUT2D eigenvalue weighted by atomic mass is 10.2. The minimum Gasteiger partial charge on any atom is -0.383 e. The number of hydrogen-bond donors (Lipinski definition) is 0. The zero-order valence-corrected chi connectivity index (χ0v) is 13.4. The molecule has 1 aliphatic heterocycles. The fourth-order valence-electron chi connectivity index (χ4n) is 2.74. The molecule has 0 saturated carbocycles. The first-order valence-electron chi connectivity index (χ1n) is 7.59. The summed E-state index contributed by atoms with van der Waals surface area (Å²) in [6, 6.07) is 3.90. The second-order valence-electron chi connectivity index (χ2n) is 5.49. The van der Waals surface area contributed by atoms with E-state index in [0.29, 0.717) is 37.6 Å². The highest BCUT2D eigenvalue weighted by Crippen LogP contribution is 2.23. The maximum Gasteiger partial charge on any atom is 0.259 e. The second-order valence-corrected chi connectivity index (χ2v) is 5.49. The Bertz CT molecular complexity index is 685. The number of ether oxygens (including phenoxy) is 1. The topological polar surface area (TPSA) is 71.7 Å². The van der Waals surface area contributed by atoms with E-state index >= 15 is 0 Å². The summed E-state index contributed by atoms with van der Waals surface area (Å²) in [5.74, 6) is 1.40. The van der Waals surface area contributed by atoms with Gasteiger partial charge in [0.05, 0.1) is 12.8 Å². The summed E-state index contributed by atoms with van der Waals surface area (Å²) < 4.78 is 10.2. The summed E-state index contributed by atoms with van der Waals surface area (Å²) in [6.45, 7) is 4.96. The van der Waals surface area contributed by atoms with Crippen molar-refractivity contribution in [3.8, 4) is 0 Å². The number of anilines is 1. The van der Waals surface area contributed by atoms with Gasteiger partial charge in [0.25, 0.3) is 5.91 Å². The van der Waals surface area contributed by atoms with Crippen LogP contribution >= 0.6 is 0 Å². The number of carbonyl (C=O) groups excluding carboxylic acids is 1. The number of pyridine rings is 1. The molecule has 0 atom stereocenters. The van der Waals surface area contributed by atoms with E-state index in [1.54, 1.807) is 20.2 Å². The van der Waals surface area contributed by atoms with Gasteiger partial charge in [-0.3, -0.25) is 4.79 Å². The van der Waals surface area contributed by atoms with Gasteiger partial charge in [0.2, 0.25) is 0 Å². The van der Waals surface area contributed by atoms with Crippen molar-refractivity contribution < 1.29 is 14.1 Å². The molecular weight excluding hydrogens is 296 g/mol. The Morgan fingerprint density at radius 2 is 2.30 bits per heavy atom. The number of methoxy groups -OCH3 is 1. The maximum atomic E-state index is 12.7. The molecule has 0 aliphatic carbocycles. The zero-order valence-electron chi connectivity index (χ0n) is 13.4. The standard InChI is InChI=1S/C16H20N4O3/c1-12-14(10-18-23-12)16(21)20-7-6-19(8-9-22-2)15-13(11-20)4-3-5-17-15/h3-5,10H,6-9,11H2,1-2H3. The Hall–Kier alpha value is -2.41. The number of hydrogen-bond acceptors (Lipinski definition) is 6. The van der Waals surface area contributed by atoms with Crippen LogP contribution in [0.1, 0.15) is 21.7 Å². The number of aryl methyl sites for hydroxylation is 1. The minimum atomic E-state index is -0.0628. The van der Waals surface area contributed by atoms with E-state index in [4.69, 9.17) is 9.26 Å². The van der Waals surface area contributed by atoms with Crippen molar-refractivity contribution in [1.82, 2.24) is 15.0 Å². The highest BCUT2D eigenvalue weighted by Gasteiger charge is 2.26. The molecule has 2 aromatic rings. The number of nitrogens with zero attached hydrogens (tertiary/aromatic N) is 4. The first kappa shape index (κ1) is 15.5. The average molecular weight is 316 g/mol. The smallest absolute Gasteiger partial charge is 0.259 e. The van der Waals surface area contributed by atoms with Crippen LogP contribution in [0, 0.1) is 6.92 Å². The molecule has 0 radical (unpaired) electrons. The lowest BCUT2D eigenvalue weighted by Gasteiger charge is -2.23. The largest absolute Gasteiger partial charge is 0.383 e. The molecule has 0 unspecified atom stereocenters. The third kappa shape index (κ3) is 3.19. The summed E-state index contributed by atoms with van der Waals surface area (Å²) in [4.78, 5) is 21.2. The van der Waals surface area contributed by atoms with Crippen molar-refractivity contribution in [3.63, 3.8) is 0 Å². The van der Waals surface area contributed by atoms with E-state index in [2.05, 4.69) is 15.0 Å². The molecule has 2 aromatic heterocycles. The molecule has 3 rings (SSSR count). The normalized spacial score (nSPS) is 14.5. The van der Waals surface area contributed by atoms with Crippen molar-refractivity contribution in [1.29, 1.82) is 0 Å². The van der Waals surface area contributed by atoms with Gasteiger partial charge < -0.3 is 19.1 Å². The fourth-order valence-corrected chi connectivity index (χ4v) is 2.74. The number of amides is 1. The zero-order chi connectivity index (χ0) is 16.2. The Morgan fingerprint density at radius 3 is 3.04 bits per heavy atom. The number of fused-ring (bicyclic) bond motifs is 1. The van der Waals surface area contributed by atoms with E-state index in [1.165, 1.54) is 6.20 Å². The molecule has 7 nitrogen and oxygen atoms in total. The Kier molecular flexibility index (Phi) is 4.57.